The van der Waals surface area contributed by atoms with Gasteiger partial charge in [0.25, 0.3) is 5.91 Å². The van der Waals surface area contributed by atoms with Crippen LogP contribution in [0.1, 0.15) is 22.8 Å². The Labute approximate surface area is 146 Å². The van der Waals surface area contributed by atoms with Gasteiger partial charge in [0.05, 0.1) is 22.2 Å². The molecule has 5 nitrogen and oxygen atoms in total. The Balaban J connectivity index is 2.07. The minimum absolute atomic E-state index is 0.335. The van der Waals surface area contributed by atoms with Crippen LogP contribution in [0.15, 0.2) is 36.4 Å². The highest BCUT2D eigenvalue weighted by Gasteiger charge is 2.22. The molecule has 0 saturated heterocycles. The van der Waals surface area contributed by atoms with Crippen LogP contribution in [-0.4, -0.2) is 18.0 Å². The second-order valence-electron chi connectivity index (χ2n) is 4.98. The molecule has 1 unspecified atom stereocenters. The van der Waals surface area contributed by atoms with Crippen molar-refractivity contribution in [1.82, 2.24) is 0 Å². The summed E-state index contributed by atoms with van der Waals surface area (Å²) in [5.41, 5.74) is 0.292. The van der Waals surface area contributed by atoms with Gasteiger partial charge in [0, 0.05) is 5.69 Å². The van der Waals surface area contributed by atoms with Gasteiger partial charge in [-0.05, 0) is 37.3 Å². The molecule has 2 aromatic carbocycles. The van der Waals surface area contributed by atoms with E-state index in [0.29, 0.717) is 23.4 Å². The summed E-state index contributed by atoms with van der Waals surface area (Å²) < 4.78 is 31.2. The van der Waals surface area contributed by atoms with Crippen molar-refractivity contribution in [2.24, 2.45) is 0 Å². The van der Waals surface area contributed by atoms with E-state index in [1.807, 2.05) is 6.07 Å². The highest BCUT2D eigenvalue weighted by molar-refractivity contribution is 6.33. The first kappa shape index (κ1) is 18.4. The molecule has 1 amide bonds. The maximum absolute atomic E-state index is 13.2. The van der Waals surface area contributed by atoms with Gasteiger partial charge in [-0.15, -0.1) is 0 Å². The standard InChI is InChI=1S/C17H11ClF2N2O3/c1-9(16(23)22-11-4-2-3-10(5-11)8-21)25-17(24)12-6-14(19)15(20)7-13(12)18/h2-7,9H,1H3,(H,22,23). The second-order valence-corrected chi connectivity index (χ2v) is 5.38. The van der Waals surface area contributed by atoms with E-state index in [1.54, 1.807) is 18.2 Å². The first-order chi connectivity index (χ1) is 11.8. The Morgan fingerprint density at radius 3 is 2.60 bits per heavy atom. The molecule has 2 rings (SSSR count). The molecule has 0 aliphatic rings. The predicted octanol–water partition coefficient (Wildman–Crippen LogP) is 3.67. The Hall–Kier alpha value is -2.98. The van der Waals surface area contributed by atoms with Crippen molar-refractivity contribution in [3.8, 4) is 6.07 Å². The molecule has 0 radical (unpaired) electrons. The number of nitrogens with one attached hydrogen (secondary N) is 1. The largest absolute Gasteiger partial charge is 0.449 e. The fraction of sp³-hybridized carbons (Fsp3) is 0.118. The van der Waals surface area contributed by atoms with Gasteiger partial charge in [0.15, 0.2) is 17.7 Å². The lowest BCUT2D eigenvalue weighted by Gasteiger charge is -2.14. The van der Waals surface area contributed by atoms with Gasteiger partial charge in [0.1, 0.15) is 0 Å². The Morgan fingerprint density at radius 1 is 1.24 bits per heavy atom. The lowest BCUT2D eigenvalue weighted by Crippen LogP contribution is -2.30. The van der Waals surface area contributed by atoms with Crippen molar-refractivity contribution in [3.63, 3.8) is 0 Å². The molecule has 0 aliphatic carbocycles. The van der Waals surface area contributed by atoms with Gasteiger partial charge in [-0.1, -0.05) is 17.7 Å². The van der Waals surface area contributed by atoms with Gasteiger partial charge in [-0.3, -0.25) is 4.79 Å². The van der Waals surface area contributed by atoms with Gasteiger partial charge in [0.2, 0.25) is 0 Å². The fourth-order valence-electron chi connectivity index (χ4n) is 1.87. The molecule has 0 saturated carbocycles. The molecule has 0 aromatic heterocycles. The van der Waals surface area contributed by atoms with E-state index >= 15 is 0 Å². The third kappa shape index (κ3) is 4.52. The van der Waals surface area contributed by atoms with Crippen molar-refractivity contribution in [3.05, 3.63) is 64.2 Å². The lowest BCUT2D eigenvalue weighted by molar-refractivity contribution is -0.123. The van der Waals surface area contributed by atoms with E-state index in [1.165, 1.54) is 13.0 Å². The molecule has 2 aromatic rings. The molecule has 0 fully saturated rings. The number of ether oxygens (including phenoxy) is 1. The third-order valence-corrected chi connectivity index (χ3v) is 3.45. The molecular formula is C17H11ClF2N2O3. The van der Waals surface area contributed by atoms with Crippen LogP contribution in [-0.2, 0) is 9.53 Å². The van der Waals surface area contributed by atoms with E-state index in [9.17, 15) is 18.4 Å². The molecule has 8 heteroatoms. The number of benzene rings is 2. The maximum Gasteiger partial charge on any atom is 0.340 e. The number of halogens is 3. The van der Waals surface area contributed by atoms with Crippen LogP contribution >= 0.6 is 11.6 Å². The minimum atomic E-state index is -1.26. The highest BCUT2D eigenvalue weighted by Crippen LogP contribution is 2.21. The summed E-state index contributed by atoms with van der Waals surface area (Å²) in [6.07, 6.45) is -1.23. The summed E-state index contributed by atoms with van der Waals surface area (Å²) >= 11 is 5.68. The molecule has 0 heterocycles. The van der Waals surface area contributed by atoms with Crippen LogP contribution in [0, 0.1) is 23.0 Å². The zero-order valence-electron chi connectivity index (χ0n) is 12.8. The third-order valence-electron chi connectivity index (χ3n) is 3.14. The van der Waals surface area contributed by atoms with Crippen LogP contribution in [0.4, 0.5) is 14.5 Å². The van der Waals surface area contributed by atoms with E-state index in [4.69, 9.17) is 21.6 Å². The minimum Gasteiger partial charge on any atom is -0.449 e. The number of carbonyl (C=O) groups is 2. The van der Waals surface area contributed by atoms with Crippen LogP contribution in [0.25, 0.3) is 0 Å². The zero-order chi connectivity index (χ0) is 18.6. The Bertz CT molecular complexity index is 881. The van der Waals surface area contributed by atoms with Crippen LogP contribution in [0.2, 0.25) is 5.02 Å². The SMILES string of the molecule is CC(OC(=O)c1cc(F)c(F)cc1Cl)C(=O)Nc1cccc(C#N)c1. The summed E-state index contributed by atoms with van der Waals surface area (Å²) in [7, 11) is 0. The lowest BCUT2D eigenvalue weighted by atomic mass is 10.2. The molecule has 128 valence electrons. The van der Waals surface area contributed by atoms with E-state index in [0.717, 1.165) is 0 Å². The van der Waals surface area contributed by atoms with Gasteiger partial charge >= 0.3 is 5.97 Å². The number of hydrogen-bond donors (Lipinski definition) is 1. The first-order valence-electron chi connectivity index (χ1n) is 6.98. The molecule has 25 heavy (non-hydrogen) atoms. The predicted molar refractivity (Wildman–Crippen MR) is 86.0 cm³/mol. The Morgan fingerprint density at radius 2 is 1.92 bits per heavy atom. The number of rotatable bonds is 4. The number of hydrogen-bond acceptors (Lipinski definition) is 4. The van der Waals surface area contributed by atoms with Crippen LogP contribution in [0.3, 0.4) is 0 Å². The Kier molecular flexibility index (Phi) is 5.67. The highest BCUT2D eigenvalue weighted by atomic mass is 35.5. The summed E-state index contributed by atoms with van der Waals surface area (Å²) in [5, 5.41) is 11.0. The van der Waals surface area contributed by atoms with Crippen molar-refractivity contribution in [2.75, 3.05) is 5.32 Å². The number of anilines is 1. The van der Waals surface area contributed by atoms with Crippen molar-refractivity contribution < 1.29 is 23.1 Å². The summed E-state index contributed by atoms with van der Waals surface area (Å²) in [5.74, 6) is -4.20. The van der Waals surface area contributed by atoms with Crippen molar-refractivity contribution in [2.45, 2.75) is 13.0 Å². The summed E-state index contributed by atoms with van der Waals surface area (Å²) in [6, 6.07) is 9.30. The van der Waals surface area contributed by atoms with Crippen molar-refractivity contribution >= 4 is 29.2 Å². The monoisotopic (exact) mass is 364 g/mol. The van der Waals surface area contributed by atoms with Gasteiger partial charge in [-0.25, -0.2) is 13.6 Å². The van der Waals surface area contributed by atoms with E-state index in [-0.39, 0.29) is 5.02 Å². The topological polar surface area (TPSA) is 79.2 Å². The van der Waals surface area contributed by atoms with E-state index < -0.39 is 35.2 Å². The van der Waals surface area contributed by atoms with Crippen molar-refractivity contribution in [1.29, 1.82) is 5.26 Å². The quantitative estimate of drug-likeness (QED) is 0.663. The molecule has 1 N–H and O–H groups in total. The average Bonchev–Trinajstić information content (AvgIpc) is 2.58. The van der Waals surface area contributed by atoms with Crippen LogP contribution < -0.4 is 5.32 Å². The summed E-state index contributed by atoms with van der Waals surface area (Å²) in [6.45, 7) is 1.30. The first-order valence-corrected chi connectivity index (χ1v) is 7.36. The molecular weight excluding hydrogens is 354 g/mol. The molecule has 0 bridgehead atoms. The normalized spacial score (nSPS) is 11.3. The number of nitrogens with zero attached hydrogens (tertiary/aromatic N) is 1. The average molecular weight is 365 g/mol. The number of amides is 1. The number of carbonyl (C=O) groups excluding carboxylic acids is 2. The molecule has 0 aliphatic heterocycles. The maximum atomic E-state index is 13.2. The van der Waals surface area contributed by atoms with Gasteiger partial charge < -0.3 is 10.1 Å². The summed E-state index contributed by atoms with van der Waals surface area (Å²) in [4.78, 5) is 24.0. The van der Waals surface area contributed by atoms with Gasteiger partial charge in [-0.2, -0.15) is 5.26 Å². The molecule has 1 atom stereocenters. The zero-order valence-corrected chi connectivity index (χ0v) is 13.6. The number of nitriles is 1. The van der Waals surface area contributed by atoms with Crippen LogP contribution in [0.5, 0.6) is 0 Å². The molecule has 0 spiro atoms. The second kappa shape index (κ2) is 7.73. The fourth-order valence-corrected chi connectivity index (χ4v) is 2.09. The number of esters is 1. The van der Waals surface area contributed by atoms with E-state index in [2.05, 4.69) is 5.32 Å². The smallest absolute Gasteiger partial charge is 0.340 e.